The Hall–Kier alpha value is -0.0800. The second-order valence-corrected chi connectivity index (χ2v) is 5.45. The highest BCUT2D eigenvalue weighted by molar-refractivity contribution is 4.84. The lowest BCUT2D eigenvalue weighted by atomic mass is 10.1. The molecule has 1 saturated carbocycles. The third-order valence-corrected chi connectivity index (χ3v) is 4.24. The fourth-order valence-corrected chi connectivity index (χ4v) is 3.24. The number of hydrogen-bond donors (Lipinski definition) is 1. The van der Waals surface area contributed by atoms with Crippen LogP contribution in [0.25, 0.3) is 0 Å². The molecule has 2 aliphatic rings. The molecule has 2 rings (SSSR count). The van der Waals surface area contributed by atoms with Gasteiger partial charge >= 0.3 is 0 Å². The van der Waals surface area contributed by atoms with Crippen LogP contribution in [-0.2, 0) is 0 Å². The Morgan fingerprint density at radius 2 is 2.13 bits per heavy atom. The highest BCUT2D eigenvalue weighted by atomic mass is 15.2. The van der Waals surface area contributed by atoms with E-state index in [2.05, 4.69) is 24.1 Å². The first-order valence-electron chi connectivity index (χ1n) is 6.77. The maximum atomic E-state index is 3.78. The lowest BCUT2D eigenvalue weighted by Gasteiger charge is -2.24. The van der Waals surface area contributed by atoms with E-state index in [-0.39, 0.29) is 0 Å². The summed E-state index contributed by atoms with van der Waals surface area (Å²) in [5, 5.41) is 3.78. The summed E-state index contributed by atoms with van der Waals surface area (Å²) < 4.78 is 0. The molecule has 0 aromatic rings. The minimum absolute atomic E-state index is 0.819. The van der Waals surface area contributed by atoms with Gasteiger partial charge in [-0.2, -0.15) is 0 Å². The van der Waals surface area contributed by atoms with Crippen LogP contribution in [0.15, 0.2) is 0 Å². The van der Waals surface area contributed by atoms with Crippen molar-refractivity contribution in [2.75, 3.05) is 19.6 Å². The lowest BCUT2D eigenvalue weighted by Crippen LogP contribution is -2.41. The summed E-state index contributed by atoms with van der Waals surface area (Å²) >= 11 is 0. The minimum atomic E-state index is 0.819. The van der Waals surface area contributed by atoms with Gasteiger partial charge in [0.05, 0.1) is 0 Å². The second kappa shape index (κ2) is 5.31. The lowest BCUT2D eigenvalue weighted by molar-refractivity contribution is 0.253. The first kappa shape index (κ1) is 11.4. The number of likely N-dealkylation sites (N-methyl/N-ethyl adjacent to an activating group) is 1. The van der Waals surface area contributed by atoms with Gasteiger partial charge in [0, 0.05) is 18.6 Å². The fraction of sp³-hybridized carbons (Fsp3) is 1.00. The highest BCUT2D eigenvalue weighted by Gasteiger charge is 2.25. The Morgan fingerprint density at radius 3 is 2.80 bits per heavy atom. The van der Waals surface area contributed by atoms with Gasteiger partial charge in [0.25, 0.3) is 0 Å². The molecule has 88 valence electrons. The van der Waals surface area contributed by atoms with Gasteiger partial charge < -0.3 is 5.32 Å². The normalized spacial score (nSPS) is 37.6. The molecular formula is C13H26N2. The average Bonchev–Trinajstić information content (AvgIpc) is 2.83. The molecule has 0 aromatic heterocycles. The Balaban J connectivity index is 1.68. The number of nitrogens with one attached hydrogen (secondary N) is 1. The predicted molar refractivity (Wildman–Crippen MR) is 65.1 cm³/mol. The smallest absolute Gasteiger partial charge is 0.0221 e. The summed E-state index contributed by atoms with van der Waals surface area (Å²) in [6.07, 6.45) is 7.04. The van der Waals surface area contributed by atoms with Gasteiger partial charge in [0.1, 0.15) is 0 Å². The summed E-state index contributed by atoms with van der Waals surface area (Å²) in [6.45, 7) is 8.45. The Labute approximate surface area is 94.4 Å². The molecule has 0 radical (unpaired) electrons. The third kappa shape index (κ3) is 2.94. The molecule has 1 aliphatic carbocycles. The molecule has 0 spiro atoms. The number of nitrogens with zero attached hydrogens (tertiary/aromatic N) is 1. The van der Waals surface area contributed by atoms with E-state index in [1.165, 1.54) is 51.7 Å². The van der Waals surface area contributed by atoms with E-state index in [0.29, 0.717) is 0 Å². The quantitative estimate of drug-likeness (QED) is 0.765. The van der Waals surface area contributed by atoms with Crippen molar-refractivity contribution in [3.8, 4) is 0 Å². The van der Waals surface area contributed by atoms with Crippen molar-refractivity contribution in [1.82, 2.24) is 10.2 Å². The van der Waals surface area contributed by atoms with E-state index in [1.807, 2.05) is 0 Å². The van der Waals surface area contributed by atoms with Crippen LogP contribution in [0.5, 0.6) is 0 Å². The van der Waals surface area contributed by atoms with Gasteiger partial charge in [-0.15, -0.1) is 0 Å². The first-order valence-corrected chi connectivity index (χ1v) is 6.77. The predicted octanol–water partition coefficient (Wildman–Crippen LogP) is 2.25. The van der Waals surface area contributed by atoms with E-state index in [0.717, 1.165) is 18.0 Å². The Bertz CT molecular complexity index is 193. The Morgan fingerprint density at radius 1 is 1.27 bits per heavy atom. The number of hydrogen-bond acceptors (Lipinski definition) is 2. The van der Waals surface area contributed by atoms with Crippen molar-refractivity contribution < 1.29 is 0 Å². The zero-order valence-electron chi connectivity index (χ0n) is 10.3. The van der Waals surface area contributed by atoms with Crippen molar-refractivity contribution in [3.63, 3.8) is 0 Å². The molecule has 2 fully saturated rings. The summed E-state index contributed by atoms with van der Waals surface area (Å²) in [5.41, 5.74) is 0. The molecule has 2 heteroatoms. The molecule has 1 N–H and O–H groups in total. The van der Waals surface area contributed by atoms with Gasteiger partial charge in [0.15, 0.2) is 0 Å². The van der Waals surface area contributed by atoms with Gasteiger partial charge in [-0.3, -0.25) is 4.90 Å². The first-order chi connectivity index (χ1) is 7.29. The van der Waals surface area contributed by atoms with E-state index < -0.39 is 0 Å². The fourth-order valence-electron chi connectivity index (χ4n) is 3.24. The SMILES string of the molecule is CCN1CCC[C@H]1CN[C@@H]1CC[C@H](C)C1. The molecule has 15 heavy (non-hydrogen) atoms. The van der Waals surface area contributed by atoms with E-state index in [4.69, 9.17) is 0 Å². The van der Waals surface area contributed by atoms with Crippen LogP contribution >= 0.6 is 0 Å². The molecule has 0 unspecified atom stereocenters. The molecule has 3 atom stereocenters. The van der Waals surface area contributed by atoms with Crippen molar-refractivity contribution >= 4 is 0 Å². The molecule has 2 nitrogen and oxygen atoms in total. The van der Waals surface area contributed by atoms with Crippen LogP contribution in [0.4, 0.5) is 0 Å². The van der Waals surface area contributed by atoms with Crippen molar-refractivity contribution in [2.24, 2.45) is 5.92 Å². The van der Waals surface area contributed by atoms with Gasteiger partial charge in [-0.05, 0) is 51.1 Å². The molecular weight excluding hydrogens is 184 g/mol. The summed E-state index contributed by atoms with van der Waals surface area (Å²) in [4.78, 5) is 2.63. The zero-order chi connectivity index (χ0) is 10.7. The number of rotatable bonds is 4. The van der Waals surface area contributed by atoms with Gasteiger partial charge in [-0.1, -0.05) is 13.8 Å². The van der Waals surface area contributed by atoms with Crippen molar-refractivity contribution in [3.05, 3.63) is 0 Å². The molecule has 1 saturated heterocycles. The van der Waals surface area contributed by atoms with E-state index in [1.54, 1.807) is 0 Å². The highest BCUT2D eigenvalue weighted by Crippen LogP contribution is 2.25. The topological polar surface area (TPSA) is 15.3 Å². The molecule has 0 bridgehead atoms. The maximum absolute atomic E-state index is 3.78. The summed E-state index contributed by atoms with van der Waals surface area (Å²) in [7, 11) is 0. The minimum Gasteiger partial charge on any atom is -0.312 e. The molecule has 1 heterocycles. The summed E-state index contributed by atoms with van der Waals surface area (Å²) in [5.74, 6) is 0.952. The summed E-state index contributed by atoms with van der Waals surface area (Å²) in [6, 6.07) is 1.64. The van der Waals surface area contributed by atoms with Gasteiger partial charge in [-0.25, -0.2) is 0 Å². The molecule has 1 aliphatic heterocycles. The standard InChI is InChI=1S/C13H26N2/c1-3-15-8-4-5-13(15)10-14-12-7-6-11(2)9-12/h11-14H,3-10H2,1-2H3/t11-,12+,13-/m0/s1. The third-order valence-electron chi connectivity index (χ3n) is 4.24. The van der Waals surface area contributed by atoms with Gasteiger partial charge in [0.2, 0.25) is 0 Å². The maximum Gasteiger partial charge on any atom is 0.0221 e. The monoisotopic (exact) mass is 210 g/mol. The second-order valence-electron chi connectivity index (χ2n) is 5.45. The van der Waals surface area contributed by atoms with Crippen LogP contribution in [0.1, 0.15) is 46.0 Å². The van der Waals surface area contributed by atoms with E-state index >= 15 is 0 Å². The van der Waals surface area contributed by atoms with E-state index in [9.17, 15) is 0 Å². The van der Waals surface area contributed by atoms with Crippen molar-refractivity contribution in [1.29, 1.82) is 0 Å². The van der Waals surface area contributed by atoms with Crippen LogP contribution in [-0.4, -0.2) is 36.6 Å². The van der Waals surface area contributed by atoms with Crippen LogP contribution in [0, 0.1) is 5.92 Å². The zero-order valence-corrected chi connectivity index (χ0v) is 10.3. The van der Waals surface area contributed by atoms with Crippen LogP contribution < -0.4 is 5.32 Å². The molecule has 0 aromatic carbocycles. The van der Waals surface area contributed by atoms with Crippen LogP contribution in [0.2, 0.25) is 0 Å². The van der Waals surface area contributed by atoms with Crippen LogP contribution in [0.3, 0.4) is 0 Å². The number of likely N-dealkylation sites (tertiary alicyclic amines) is 1. The van der Waals surface area contributed by atoms with Crippen molar-refractivity contribution in [2.45, 2.75) is 58.0 Å². The largest absolute Gasteiger partial charge is 0.312 e. The molecule has 0 amide bonds. The average molecular weight is 210 g/mol. The Kier molecular flexibility index (Phi) is 4.04.